The minimum Gasteiger partial charge on any atom is -0.275 e. The lowest BCUT2D eigenvalue weighted by molar-refractivity contribution is 0.108. The van der Waals surface area contributed by atoms with Gasteiger partial charge >= 0.3 is 0 Å². The van der Waals surface area contributed by atoms with Crippen molar-refractivity contribution in [3.05, 3.63) is 40.5 Å². The van der Waals surface area contributed by atoms with Crippen LogP contribution in [-0.2, 0) is 5.41 Å². The molecule has 0 unspecified atom stereocenters. The van der Waals surface area contributed by atoms with Crippen molar-refractivity contribution >= 4 is 39.3 Å². The average Bonchev–Trinajstić information content (AvgIpc) is 2.25. The van der Waals surface area contributed by atoms with Crippen LogP contribution in [0.2, 0.25) is 5.15 Å². The number of fused-ring (bicyclic) bond motifs is 1. The van der Waals surface area contributed by atoms with Crippen LogP contribution in [0.25, 0.3) is 10.9 Å². The van der Waals surface area contributed by atoms with E-state index in [1.165, 1.54) is 0 Å². The summed E-state index contributed by atoms with van der Waals surface area (Å²) in [7, 11) is 0. The second-order valence-corrected chi connectivity index (χ2v) is 5.93. The molecule has 0 spiro atoms. The molecule has 0 bridgehead atoms. The molecule has 18 heavy (non-hydrogen) atoms. The van der Waals surface area contributed by atoms with Crippen LogP contribution in [0.3, 0.4) is 0 Å². The van der Waals surface area contributed by atoms with E-state index in [1.807, 2.05) is 18.2 Å². The van der Waals surface area contributed by atoms with Crippen molar-refractivity contribution in [2.45, 2.75) is 26.2 Å². The molecule has 0 saturated heterocycles. The van der Waals surface area contributed by atoms with Crippen molar-refractivity contribution < 1.29 is 4.79 Å². The number of halogens is 2. The molecule has 0 radical (unpaired) electrons. The molecule has 0 aliphatic heterocycles. The SMILES string of the molecule is CC(C)(C)c1cccc2cc(C(=O)Cl)c(Cl)nc12. The Hall–Kier alpha value is -1.12. The van der Waals surface area contributed by atoms with E-state index in [2.05, 4.69) is 25.8 Å². The minimum absolute atomic E-state index is 0.0394. The van der Waals surface area contributed by atoms with Gasteiger partial charge in [-0.05, 0) is 28.6 Å². The van der Waals surface area contributed by atoms with Crippen LogP contribution in [0.15, 0.2) is 24.3 Å². The number of benzene rings is 1. The van der Waals surface area contributed by atoms with E-state index in [0.29, 0.717) is 0 Å². The fourth-order valence-electron chi connectivity index (χ4n) is 1.92. The van der Waals surface area contributed by atoms with Crippen molar-refractivity contribution in [2.75, 3.05) is 0 Å². The Bertz CT molecular complexity index is 629. The number of aromatic nitrogens is 1. The van der Waals surface area contributed by atoms with Gasteiger partial charge in [0, 0.05) is 5.39 Å². The average molecular weight is 282 g/mol. The zero-order chi connectivity index (χ0) is 13.5. The van der Waals surface area contributed by atoms with Crippen molar-refractivity contribution in [1.82, 2.24) is 4.98 Å². The monoisotopic (exact) mass is 281 g/mol. The number of rotatable bonds is 1. The first-order valence-corrected chi connectivity index (χ1v) is 6.36. The first kappa shape index (κ1) is 13.3. The molecule has 2 aromatic rings. The van der Waals surface area contributed by atoms with E-state index in [9.17, 15) is 4.79 Å². The predicted molar refractivity (Wildman–Crippen MR) is 75.6 cm³/mol. The van der Waals surface area contributed by atoms with Crippen LogP contribution < -0.4 is 0 Å². The smallest absolute Gasteiger partial charge is 0.255 e. The number of pyridine rings is 1. The molecular formula is C14H13Cl2NO. The molecule has 94 valence electrons. The van der Waals surface area contributed by atoms with Crippen molar-refractivity contribution in [2.24, 2.45) is 0 Å². The molecule has 1 aromatic carbocycles. The molecule has 0 fully saturated rings. The molecule has 0 N–H and O–H groups in total. The number of nitrogens with zero attached hydrogens (tertiary/aromatic N) is 1. The van der Waals surface area contributed by atoms with Gasteiger partial charge in [-0.2, -0.15) is 0 Å². The highest BCUT2D eigenvalue weighted by Crippen LogP contribution is 2.31. The third kappa shape index (κ3) is 2.36. The summed E-state index contributed by atoms with van der Waals surface area (Å²) in [4.78, 5) is 15.6. The van der Waals surface area contributed by atoms with Crippen LogP contribution in [0.4, 0.5) is 0 Å². The van der Waals surface area contributed by atoms with Crippen LogP contribution >= 0.6 is 23.2 Å². The number of carbonyl (C=O) groups is 1. The third-order valence-electron chi connectivity index (χ3n) is 2.82. The fraction of sp³-hybridized carbons (Fsp3) is 0.286. The van der Waals surface area contributed by atoms with Gasteiger partial charge in [-0.15, -0.1) is 0 Å². The van der Waals surface area contributed by atoms with E-state index < -0.39 is 5.24 Å². The third-order valence-corrected chi connectivity index (χ3v) is 3.31. The highest BCUT2D eigenvalue weighted by molar-refractivity contribution is 6.68. The van der Waals surface area contributed by atoms with Gasteiger partial charge in [0.2, 0.25) is 0 Å². The first-order valence-electron chi connectivity index (χ1n) is 5.60. The largest absolute Gasteiger partial charge is 0.275 e. The fourth-order valence-corrected chi connectivity index (χ4v) is 2.34. The summed E-state index contributed by atoms with van der Waals surface area (Å²) < 4.78 is 0. The van der Waals surface area contributed by atoms with Gasteiger partial charge in [-0.25, -0.2) is 4.98 Å². The Kier molecular flexibility index (Phi) is 3.35. The Morgan fingerprint density at radius 1 is 1.28 bits per heavy atom. The van der Waals surface area contributed by atoms with E-state index >= 15 is 0 Å². The molecule has 0 atom stereocenters. The highest BCUT2D eigenvalue weighted by Gasteiger charge is 2.19. The number of carbonyl (C=O) groups excluding carboxylic acids is 1. The summed E-state index contributed by atoms with van der Waals surface area (Å²) in [5.74, 6) is 0. The standard InChI is InChI=1S/C14H13Cl2NO/c1-14(2,3)10-6-4-5-8-7-9(13(16)18)12(15)17-11(8)10/h4-7H,1-3H3. The molecule has 0 aliphatic carbocycles. The van der Waals surface area contributed by atoms with E-state index in [4.69, 9.17) is 23.2 Å². The molecular weight excluding hydrogens is 269 g/mol. The molecule has 0 aliphatic rings. The summed E-state index contributed by atoms with van der Waals surface area (Å²) in [5, 5.41) is 0.436. The van der Waals surface area contributed by atoms with Gasteiger partial charge in [0.15, 0.2) is 0 Å². The lowest BCUT2D eigenvalue weighted by atomic mass is 9.85. The predicted octanol–water partition coefficient (Wildman–Crippen LogP) is 4.56. The number of para-hydroxylation sites is 1. The van der Waals surface area contributed by atoms with Crippen molar-refractivity contribution in [3.8, 4) is 0 Å². The van der Waals surface area contributed by atoms with Crippen molar-refractivity contribution in [1.29, 1.82) is 0 Å². The Balaban J connectivity index is 2.81. The quantitative estimate of drug-likeness (QED) is 0.566. The number of hydrogen-bond acceptors (Lipinski definition) is 2. The van der Waals surface area contributed by atoms with Gasteiger partial charge in [-0.3, -0.25) is 4.79 Å². The lowest BCUT2D eigenvalue weighted by Crippen LogP contribution is -2.12. The Labute approximate surface area is 116 Å². The van der Waals surface area contributed by atoms with Gasteiger partial charge < -0.3 is 0 Å². The van der Waals surface area contributed by atoms with Crippen LogP contribution in [0.1, 0.15) is 36.7 Å². The molecule has 0 saturated carbocycles. The first-order chi connectivity index (χ1) is 8.30. The van der Waals surface area contributed by atoms with Gasteiger partial charge in [-0.1, -0.05) is 50.6 Å². The Morgan fingerprint density at radius 3 is 2.50 bits per heavy atom. The van der Waals surface area contributed by atoms with Crippen LogP contribution in [-0.4, -0.2) is 10.2 Å². The van der Waals surface area contributed by atoms with E-state index in [-0.39, 0.29) is 16.1 Å². The van der Waals surface area contributed by atoms with E-state index in [0.717, 1.165) is 16.5 Å². The maximum atomic E-state index is 11.2. The summed E-state index contributed by atoms with van der Waals surface area (Å²) in [5.41, 5.74) is 2.12. The molecule has 2 nitrogen and oxygen atoms in total. The van der Waals surface area contributed by atoms with Crippen LogP contribution in [0, 0.1) is 0 Å². The van der Waals surface area contributed by atoms with E-state index in [1.54, 1.807) is 6.07 Å². The zero-order valence-electron chi connectivity index (χ0n) is 10.4. The summed E-state index contributed by atoms with van der Waals surface area (Å²) in [6, 6.07) is 7.56. The van der Waals surface area contributed by atoms with Crippen LogP contribution in [0.5, 0.6) is 0 Å². The second kappa shape index (κ2) is 4.52. The summed E-state index contributed by atoms with van der Waals surface area (Å²) >= 11 is 11.5. The molecule has 4 heteroatoms. The minimum atomic E-state index is -0.587. The summed E-state index contributed by atoms with van der Waals surface area (Å²) in [6.45, 7) is 6.33. The molecule has 0 amide bonds. The normalized spacial score (nSPS) is 11.8. The maximum absolute atomic E-state index is 11.2. The summed E-state index contributed by atoms with van der Waals surface area (Å²) in [6.07, 6.45) is 0. The van der Waals surface area contributed by atoms with Crippen molar-refractivity contribution in [3.63, 3.8) is 0 Å². The Morgan fingerprint density at radius 2 is 1.94 bits per heavy atom. The van der Waals surface area contributed by atoms with Gasteiger partial charge in [0.05, 0.1) is 11.1 Å². The van der Waals surface area contributed by atoms with Gasteiger partial charge in [0.1, 0.15) is 5.15 Å². The maximum Gasteiger partial charge on any atom is 0.255 e. The lowest BCUT2D eigenvalue weighted by Gasteiger charge is -2.20. The zero-order valence-corrected chi connectivity index (χ0v) is 11.9. The molecule has 1 heterocycles. The number of hydrogen-bond donors (Lipinski definition) is 0. The molecule has 2 rings (SSSR count). The topological polar surface area (TPSA) is 30.0 Å². The van der Waals surface area contributed by atoms with Gasteiger partial charge in [0.25, 0.3) is 5.24 Å². The second-order valence-electron chi connectivity index (χ2n) is 5.23. The highest BCUT2D eigenvalue weighted by atomic mass is 35.5. The molecule has 1 aromatic heterocycles.